The fourth-order valence-corrected chi connectivity index (χ4v) is 4.73. The topological polar surface area (TPSA) is 0 Å². The predicted molar refractivity (Wildman–Crippen MR) is 138 cm³/mol. The second-order valence-electron chi connectivity index (χ2n) is 9.49. The molecule has 0 aliphatic carbocycles. The van der Waals surface area contributed by atoms with Crippen molar-refractivity contribution in [3.8, 4) is 0 Å². The van der Waals surface area contributed by atoms with Gasteiger partial charge in [0.1, 0.15) is 0 Å². The Morgan fingerprint density at radius 3 is 1.30 bits per heavy atom. The fourth-order valence-electron chi connectivity index (χ4n) is 4.73. The van der Waals surface area contributed by atoms with Crippen LogP contribution in [0.2, 0.25) is 0 Å². The zero-order chi connectivity index (χ0) is 21.9. The Bertz CT molecular complexity index is 478. The van der Waals surface area contributed by atoms with Gasteiger partial charge in [0.25, 0.3) is 0 Å². The van der Waals surface area contributed by atoms with Gasteiger partial charge in [0.2, 0.25) is 0 Å². The number of benzene rings is 1. The first-order valence-electron chi connectivity index (χ1n) is 13.7. The van der Waals surface area contributed by atoms with Crippen LogP contribution in [0.1, 0.15) is 146 Å². The first kappa shape index (κ1) is 27.3. The van der Waals surface area contributed by atoms with Gasteiger partial charge in [-0.1, -0.05) is 117 Å². The van der Waals surface area contributed by atoms with Gasteiger partial charge in [-0.15, -0.1) is 0 Å². The van der Waals surface area contributed by atoms with E-state index in [2.05, 4.69) is 39.8 Å². The maximum atomic E-state index is 4.13. The van der Waals surface area contributed by atoms with E-state index in [-0.39, 0.29) is 0 Å². The van der Waals surface area contributed by atoms with Crippen LogP contribution in [0.5, 0.6) is 0 Å². The molecule has 0 N–H and O–H groups in total. The molecule has 30 heavy (non-hydrogen) atoms. The lowest BCUT2D eigenvalue weighted by Gasteiger charge is -2.18. The van der Waals surface area contributed by atoms with E-state index in [9.17, 15) is 0 Å². The van der Waals surface area contributed by atoms with Gasteiger partial charge in [0.15, 0.2) is 0 Å². The van der Waals surface area contributed by atoms with Crippen molar-refractivity contribution in [1.82, 2.24) is 0 Å². The van der Waals surface area contributed by atoms with Crippen molar-refractivity contribution >= 4 is 0 Å². The minimum atomic E-state index is 1.02. The molecule has 0 saturated heterocycles. The summed E-state index contributed by atoms with van der Waals surface area (Å²) >= 11 is 0. The van der Waals surface area contributed by atoms with Gasteiger partial charge in [-0.05, 0) is 73.6 Å². The Hall–Kier alpha value is -0.780. The molecule has 0 spiro atoms. The van der Waals surface area contributed by atoms with Crippen molar-refractivity contribution < 1.29 is 0 Å². The van der Waals surface area contributed by atoms with E-state index in [1.54, 1.807) is 22.3 Å². The molecule has 0 heteroatoms. The van der Waals surface area contributed by atoms with Crippen LogP contribution in [0.4, 0.5) is 0 Å². The lowest BCUT2D eigenvalue weighted by molar-refractivity contribution is 0.612. The van der Waals surface area contributed by atoms with Gasteiger partial charge in [-0.2, -0.15) is 0 Å². The van der Waals surface area contributed by atoms with Crippen LogP contribution < -0.4 is 0 Å². The van der Waals surface area contributed by atoms with Gasteiger partial charge in [-0.25, -0.2) is 0 Å². The third kappa shape index (κ3) is 12.2. The maximum absolute atomic E-state index is 4.13. The number of unbranched alkanes of at least 4 members (excludes halogenated alkanes) is 12. The third-order valence-electron chi connectivity index (χ3n) is 6.59. The van der Waals surface area contributed by atoms with Gasteiger partial charge < -0.3 is 0 Å². The Kier molecular flexibility index (Phi) is 17.2. The first-order chi connectivity index (χ1) is 14.8. The normalized spacial score (nSPS) is 11.3. The second-order valence-corrected chi connectivity index (χ2v) is 9.49. The SMILES string of the molecule is [CH2]CCc1cc(CCCCCCC)c(CCCCCCC)c(CCCCCCC)c1. The molecular weight excluding hydrogens is 360 g/mol. The van der Waals surface area contributed by atoms with E-state index in [0.29, 0.717) is 0 Å². The Morgan fingerprint density at radius 2 is 0.900 bits per heavy atom. The third-order valence-corrected chi connectivity index (χ3v) is 6.59. The zero-order valence-corrected chi connectivity index (χ0v) is 21.0. The fraction of sp³-hybridized carbons (Fsp3) is 0.767. The molecule has 0 atom stereocenters. The molecule has 0 bridgehead atoms. The lowest BCUT2D eigenvalue weighted by Crippen LogP contribution is -2.04. The standard InChI is InChI=1S/C30H53/c1-5-9-12-15-18-22-28-25-27(21-8-4)26-29(23-19-16-13-10-6-2)30(28)24-20-17-14-11-7-3/h25-26H,4-24H2,1-3H3. The van der Waals surface area contributed by atoms with E-state index < -0.39 is 0 Å². The van der Waals surface area contributed by atoms with Crippen molar-refractivity contribution in [3.05, 3.63) is 41.3 Å². The second kappa shape index (κ2) is 18.9. The quantitative estimate of drug-likeness (QED) is 0.186. The summed E-state index contributed by atoms with van der Waals surface area (Å²) in [6.45, 7) is 11.1. The molecule has 0 amide bonds. The molecule has 1 aromatic carbocycles. The molecule has 0 aromatic heterocycles. The van der Waals surface area contributed by atoms with Gasteiger partial charge in [-0.3, -0.25) is 0 Å². The number of aryl methyl sites for hydroxylation is 3. The summed E-state index contributed by atoms with van der Waals surface area (Å²) in [7, 11) is 0. The monoisotopic (exact) mass is 413 g/mol. The van der Waals surface area contributed by atoms with Crippen LogP contribution >= 0.6 is 0 Å². The van der Waals surface area contributed by atoms with Gasteiger partial charge in [0, 0.05) is 0 Å². The van der Waals surface area contributed by atoms with Crippen molar-refractivity contribution in [1.29, 1.82) is 0 Å². The maximum Gasteiger partial charge on any atom is -0.0273 e. The largest absolute Gasteiger partial charge is 0.0654 e. The van der Waals surface area contributed by atoms with E-state index in [1.807, 2.05) is 0 Å². The smallest absolute Gasteiger partial charge is 0.0273 e. The summed E-state index contributed by atoms with van der Waals surface area (Å²) in [6.07, 6.45) is 26.8. The molecule has 0 aliphatic rings. The molecule has 0 unspecified atom stereocenters. The highest BCUT2D eigenvalue weighted by molar-refractivity contribution is 5.40. The van der Waals surface area contributed by atoms with Crippen LogP contribution in [-0.2, 0) is 25.7 Å². The lowest BCUT2D eigenvalue weighted by atomic mass is 9.87. The molecular formula is C30H53. The van der Waals surface area contributed by atoms with Crippen LogP contribution in [0.15, 0.2) is 12.1 Å². The highest BCUT2D eigenvalue weighted by Gasteiger charge is 2.11. The van der Waals surface area contributed by atoms with Crippen LogP contribution in [0.3, 0.4) is 0 Å². The Labute approximate surface area is 190 Å². The van der Waals surface area contributed by atoms with E-state index in [1.165, 1.54) is 116 Å². The Balaban J connectivity index is 2.87. The molecule has 173 valence electrons. The van der Waals surface area contributed by atoms with E-state index in [4.69, 9.17) is 0 Å². The minimum Gasteiger partial charge on any atom is -0.0654 e. The van der Waals surface area contributed by atoms with Crippen LogP contribution in [0, 0.1) is 6.92 Å². The number of hydrogen-bond donors (Lipinski definition) is 0. The highest BCUT2D eigenvalue weighted by Crippen LogP contribution is 2.26. The molecule has 1 aromatic rings. The van der Waals surface area contributed by atoms with Crippen LogP contribution in [0.25, 0.3) is 0 Å². The average Bonchev–Trinajstić information content (AvgIpc) is 2.74. The number of hydrogen-bond acceptors (Lipinski definition) is 0. The summed E-state index contributed by atoms with van der Waals surface area (Å²) in [5.74, 6) is 0. The summed E-state index contributed by atoms with van der Waals surface area (Å²) < 4.78 is 0. The molecule has 1 rings (SSSR count). The Morgan fingerprint density at radius 1 is 0.500 bits per heavy atom. The average molecular weight is 414 g/mol. The van der Waals surface area contributed by atoms with Crippen molar-refractivity contribution in [2.75, 3.05) is 0 Å². The van der Waals surface area contributed by atoms with Crippen LogP contribution in [-0.4, -0.2) is 0 Å². The molecule has 0 heterocycles. The minimum absolute atomic E-state index is 1.02. The van der Waals surface area contributed by atoms with E-state index >= 15 is 0 Å². The zero-order valence-electron chi connectivity index (χ0n) is 21.0. The molecule has 0 saturated carbocycles. The summed E-state index contributed by atoms with van der Waals surface area (Å²) in [4.78, 5) is 0. The van der Waals surface area contributed by atoms with E-state index in [0.717, 1.165) is 12.8 Å². The van der Waals surface area contributed by atoms with Crippen molar-refractivity contribution in [2.24, 2.45) is 0 Å². The molecule has 0 fully saturated rings. The highest BCUT2D eigenvalue weighted by atomic mass is 14.2. The molecule has 0 nitrogen and oxygen atoms in total. The summed E-state index contributed by atoms with van der Waals surface area (Å²) in [5.41, 5.74) is 6.67. The summed E-state index contributed by atoms with van der Waals surface area (Å²) in [5, 5.41) is 0. The molecule has 0 aliphatic heterocycles. The first-order valence-corrected chi connectivity index (χ1v) is 13.7. The predicted octanol–water partition coefficient (Wildman–Crippen LogP) is 9.99. The van der Waals surface area contributed by atoms with Gasteiger partial charge >= 0.3 is 0 Å². The van der Waals surface area contributed by atoms with Crippen molar-refractivity contribution in [3.63, 3.8) is 0 Å². The molecule has 1 radical (unpaired) electrons. The number of rotatable bonds is 20. The van der Waals surface area contributed by atoms with Crippen molar-refractivity contribution in [2.45, 2.75) is 149 Å². The van der Waals surface area contributed by atoms with Gasteiger partial charge in [0.05, 0.1) is 0 Å². The summed E-state index contributed by atoms with van der Waals surface area (Å²) in [6, 6.07) is 5.12.